The number of pyridine rings is 1. The summed E-state index contributed by atoms with van der Waals surface area (Å²) in [6.45, 7) is 1.60. The highest BCUT2D eigenvalue weighted by atomic mass is 35.5. The second kappa shape index (κ2) is 8.14. The minimum Gasteiger partial charge on any atom is -0.343 e. The molecule has 1 N–H and O–H groups in total. The standard InChI is InChI=1S/C19H21N3O2.ClH/c1-20-11-12-21(2)18(23)13-22-16-9-5-3-7-14(16)19(24)15-8-4-6-10-17(15)22;/h3-10,20H,11-13H2,1-2H3;1H. The summed E-state index contributed by atoms with van der Waals surface area (Å²) >= 11 is 0. The molecule has 25 heavy (non-hydrogen) atoms. The molecule has 0 atom stereocenters. The van der Waals surface area contributed by atoms with Gasteiger partial charge in [0.25, 0.3) is 0 Å². The molecule has 3 aromatic rings. The van der Waals surface area contributed by atoms with E-state index in [1.54, 1.807) is 11.9 Å². The quantitative estimate of drug-likeness (QED) is 0.711. The van der Waals surface area contributed by atoms with Gasteiger partial charge in [-0.05, 0) is 31.3 Å². The fraction of sp³-hybridized carbons (Fsp3) is 0.263. The molecule has 0 aliphatic rings. The lowest BCUT2D eigenvalue weighted by Crippen LogP contribution is -2.35. The Morgan fingerprint density at radius 1 is 1.04 bits per heavy atom. The SMILES string of the molecule is CNCCN(C)C(=O)Cn1c2ccccc2c(=O)c2ccccc21.Cl. The average molecular weight is 360 g/mol. The van der Waals surface area contributed by atoms with Crippen molar-refractivity contribution in [2.24, 2.45) is 0 Å². The van der Waals surface area contributed by atoms with Gasteiger partial charge in [-0.25, -0.2) is 0 Å². The summed E-state index contributed by atoms with van der Waals surface area (Å²) in [5.41, 5.74) is 1.58. The first-order valence-electron chi connectivity index (χ1n) is 8.02. The second-order valence-electron chi connectivity index (χ2n) is 5.87. The van der Waals surface area contributed by atoms with Gasteiger partial charge in [-0.1, -0.05) is 24.3 Å². The third kappa shape index (κ3) is 3.67. The lowest BCUT2D eigenvalue weighted by atomic mass is 10.1. The fourth-order valence-electron chi connectivity index (χ4n) is 2.91. The van der Waals surface area contributed by atoms with E-state index < -0.39 is 0 Å². The number of likely N-dealkylation sites (N-methyl/N-ethyl adjacent to an activating group) is 2. The molecular formula is C19H22ClN3O2. The molecule has 1 heterocycles. The maximum absolute atomic E-state index is 12.7. The lowest BCUT2D eigenvalue weighted by Gasteiger charge is -2.20. The Morgan fingerprint density at radius 3 is 2.08 bits per heavy atom. The topological polar surface area (TPSA) is 54.3 Å². The van der Waals surface area contributed by atoms with Crippen LogP contribution in [0.4, 0.5) is 0 Å². The van der Waals surface area contributed by atoms with Crippen molar-refractivity contribution in [1.82, 2.24) is 14.8 Å². The van der Waals surface area contributed by atoms with Crippen LogP contribution in [-0.4, -0.2) is 42.6 Å². The number of hydrogen-bond donors (Lipinski definition) is 1. The van der Waals surface area contributed by atoms with Gasteiger partial charge >= 0.3 is 0 Å². The van der Waals surface area contributed by atoms with Crippen LogP contribution in [0.1, 0.15) is 0 Å². The van der Waals surface area contributed by atoms with Crippen molar-refractivity contribution in [2.45, 2.75) is 6.54 Å². The number of para-hydroxylation sites is 2. The number of amides is 1. The molecule has 3 rings (SSSR count). The second-order valence-corrected chi connectivity index (χ2v) is 5.87. The molecule has 0 unspecified atom stereocenters. The first-order valence-corrected chi connectivity index (χ1v) is 8.02. The monoisotopic (exact) mass is 359 g/mol. The van der Waals surface area contributed by atoms with E-state index in [-0.39, 0.29) is 30.3 Å². The van der Waals surface area contributed by atoms with E-state index in [1.807, 2.05) is 60.1 Å². The summed E-state index contributed by atoms with van der Waals surface area (Å²) in [4.78, 5) is 27.0. The Hall–Kier alpha value is -2.37. The van der Waals surface area contributed by atoms with Crippen molar-refractivity contribution in [3.8, 4) is 0 Å². The van der Waals surface area contributed by atoms with Crippen molar-refractivity contribution >= 4 is 40.1 Å². The van der Waals surface area contributed by atoms with Crippen molar-refractivity contribution < 1.29 is 4.79 Å². The Bertz CT molecular complexity index is 892. The summed E-state index contributed by atoms with van der Waals surface area (Å²) in [5, 5.41) is 4.32. The smallest absolute Gasteiger partial charge is 0.242 e. The van der Waals surface area contributed by atoms with Crippen molar-refractivity contribution in [3.63, 3.8) is 0 Å². The van der Waals surface area contributed by atoms with Crippen LogP contribution in [0.5, 0.6) is 0 Å². The molecule has 0 bridgehead atoms. The maximum Gasteiger partial charge on any atom is 0.242 e. The van der Waals surface area contributed by atoms with Gasteiger partial charge in [0.1, 0.15) is 6.54 Å². The molecule has 5 nitrogen and oxygen atoms in total. The number of hydrogen-bond acceptors (Lipinski definition) is 3. The van der Waals surface area contributed by atoms with Gasteiger partial charge in [0, 0.05) is 30.9 Å². The zero-order valence-electron chi connectivity index (χ0n) is 14.4. The number of nitrogens with one attached hydrogen (secondary N) is 1. The predicted octanol–water partition coefficient (Wildman–Crippen LogP) is 2.25. The number of nitrogens with zero attached hydrogens (tertiary/aromatic N) is 2. The Kier molecular flexibility index (Phi) is 6.17. The molecular weight excluding hydrogens is 338 g/mol. The van der Waals surface area contributed by atoms with Crippen LogP contribution in [0.2, 0.25) is 0 Å². The number of carbonyl (C=O) groups is 1. The van der Waals surface area contributed by atoms with Crippen LogP contribution in [0.25, 0.3) is 21.8 Å². The number of halogens is 1. The van der Waals surface area contributed by atoms with Crippen molar-refractivity contribution in [1.29, 1.82) is 0 Å². The Labute approximate surface area is 152 Å². The lowest BCUT2D eigenvalue weighted by molar-refractivity contribution is -0.130. The van der Waals surface area contributed by atoms with Gasteiger partial charge in [0.05, 0.1) is 11.0 Å². The molecule has 2 aromatic carbocycles. The van der Waals surface area contributed by atoms with Gasteiger partial charge in [0.15, 0.2) is 5.43 Å². The fourth-order valence-corrected chi connectivity index (χ4v) is 2.91. The molecule has 0 aliphatic carbocycles. The minimum absolute atomic E-state index is 0. The molecule has 132 valence electrons. The van der Waals surface area contributed by atoms with Crippen LogP contribution in [0.3, 0.4) is 0 Å². The number of rotatable bonds is 5. The number of benzene rings is 2. The van der Waals surface area contributed by atoms with Gasteiger partial charge in [-0.15, -0.1) is 12.4 Å². The summed E-state index contributed by atoms with van der Waals surface area (Å²) < 4.78 is 1.93. The van der Waals surface area contributed by atoms with E-state index >= 15 is 0 Å². The third-order valence-corrected chi connectivity index (χ3v) is 4.30. The van der Waals surface area contributed by atoms with Crippen molar-refractivity contribution in [3.05, 3.63) is 58.8 Å². The van der Waals surface area contributed by atoms with E-state index in [0.29, 0.717) is 17.3 Å². The van der Waals surface area contributed by atoms with Crippen molar-refractivity contribution in [2.75, 3.05) is 27.2 Å². The van der Waals surface area contributed by atoms with Crippen LogP contribution < -0.4 is 10.7 Å². The van der Waals surface area contributed by atoms with Crippen LogP contribution in [0.15, 0.2) is 53.3 Å². The Balaban J connectivity index is 0.00000225. The van der Waals surface area contributed by atoms with Crippen LogP contribution >= 0.6 is 12.4 Å². The van der Waals surface area contributed by atoms with E-state index in [9.17, 15) is 9.59 Å². The number of carbonyl (C=O) groups excluding carboxylic acids is 1. The van der Waals surface area contributed by atoms with Gasteiger partial charge < -0.3 is 14.8 Å². The van der Waals surface area contributed by atoms with E-state index in [2.05, 4.69) is 5.32 Å². The predicted molar refractivity (Wildman–Crippen MR) is 105 cm³/mol. The minimum atomic E-state index is 0. The molecule has 1 amide bonds. The first kappa shape index (κ1) is 19.0. The van der Waals surface area contributed by atoms with Gasteiger partial charge in [-0.2, -0.15) is 0 Å². The maximum atomic E-state index is 12.7. The molecule has 0 radical (unpaired) electrons. The van der Waals surface area contributed by atoms with E-state index in [4.69, 9.17) is 0 Å². The molecule has 0 saturated heterocycles. The zero-order valence-corrected chi connectivity index (χ0v) is 15.2. The molecule has 0 aliphatic heterocycles. The first-order chi connectivity index (χ1) is 11.6. The normalized spacial score (nSPS) is 10.6. The summed E-state index contributed by atoms with van der Waals surface area (Å²) in [6.07, 6.45) is 0. The van der Waals surface area contributed by atoms with E-state index in [1.165, 1.54) is 0 Å². The highest BCUT2D eigenvalue weighted by molar-refractivity contribution is 5.94. The highest BCUT2D eigenvalue weighted by Gasteiger charge is 2.14. The van der Waals surface area contributed by atoms with Gasteiger partial charge in [-0.3, -0.25) is 9.59 Å². The Morgan fingerprint density at radius 2 is 1.56 bits per heavy atom. The highest BCUT2D eigenvalue weighted by Crippen LogP contribution is 2.19. The summed E-state index contributed by atoms with van der Waals surface area (Å²) in [7, 11) is 3.66. The van der Waals surface area contributed by atoms with Gasteiger partial charge in [0.2, 0.25) is 5.91 Å². The molecule has 1 aromatic heterocycles. The molecule has 6 heteroatoms. The van der Waals surface area contributed by atoms with Crippen LogP contribution in [0, 0.1) is 0 Å². The largest absolute Gasteiger partial charge is 0.343 e. The number of aromatic nitrogens is 1. The van der Waals surface area contributed by atoms with Crippen LogP contribution in [-0.2, 0) is 11.3 Å². The van der Waals surface area contributed by atoms with E-state index in [0.717, 1.165) is 17.6 Å². The zero-order chi connectivity index (χ0) is 17.1. The molecule has 0 spiro atoms. The molecule has 0 fully saturated rings. The average Bonchev–Trinajstić information content (AvgIpc) is 2.63. The summed E-state index contributed by atoms with van der Waals surface area (Å²) in [5.74, 6) is 0.0178. The molecule has 0 saturated carbocycles. The number of fused-ring (bicyclic) bond motifs is 2. The summed E-state index contributed by atoms with van der Waals surface area (Å²) in [6, 6.07) is 14.9. The third-order valence-electron chi connectivity index (χ3n) is 4.30.